The average molecular weight is 453 g/mol. The predicted octanol–water partition coefficient (Wildman–Crippen LogP) is 5.96. The van der Waals surface area contributed by atoms with Crippen LogP contribution in [0.15, 0.2) is 36.5 Å². The first-order valence-corrected chi connectivity index (χ1v) is 11.5. The summed E-state index contributed by atoms with van der Waals surface area (Å²) in [7, 11) is 0. The third kappa shape index (κ3) is 4.73. The second-order valence-electron chi connectivity index (χ2n) is 9.53. The van der Waals surface area contributed by atoms with E-state index in [0.29, 0.717) is 30.5 Å². The molecule has 2 heterocycles. The highest BCUT2D eigenvalue weighted by atomic mass is 35.5. The van der Waals surface area contributed by atoms with Crippen LogP contribution in [0.2, 0.25) is 5.02 Å². The van der Waals surface area contributed by atoms with E-state index in [-0.39, 0.29) is 12.0 Å². The number of hydrogen-bond donors (Lipinski definition) is 0. The standard InChI is InChI=1S/C26H29ClN2O3/c1-26(2,3)32-25(31)29-12-8-17(9-13-29)23-21-7-6-20(27)16-19(21)15-18(10-14-30)22-5-4-11-28-24(22)23/h4-7,11,14-17,23H,8-10,12-13H2,1-3H3. The molecule has 5 nitrogen and oxygen atoms in total. The number of likely N-dealkylation sites (tertiary alicyclic amines) is 1. The lowest BCUT2D eigenvalue weighted by atomic mass is 9.76. The molecule has 0 N–H and O–H groups in total. The molecule has 1 aliphatic heterocycles. The number of allylic oxidation sites excluding steroid dienone is 1. The van der Waals surface area contributed by atoms with Crippen LogP contribution in [0, 0.1) is 5.92 Å². The largest absolute Gasteiger partial charge is 0.444 e. The molecule has 6 heteroatoms. The van der Waals surface area contributed by atoms with Crippen molar-refractivity contribution in [1.29, 1.82) is 0 Å². The number of pyridine rings is 1. The second kappa shape index (κ2) is 9.07. The summed E-state index contributed by atoms with van der Waals surface area (Å²) in [5.74, 6) is 0.380. The highest BCUT2D eigenvalue weighted by Gasteiger charge is 2.36. The number of amides is 1. The van der Waals surface area contributed by atoms with Gasteiger partial charge >= 0.3 is 6.09 Å². The van der Waals surface area contributed by atoms with Crippen LogP contribution >= 0.6 is 11.6 Å². The summed E-state index contributed by atoms with van der Waals surface area (Å²) in [6.07, 6.45) is 6.61. The van der Waals surface area contributed by atoms with Crippen LogP contribution < -0.4 is 0 Å². The molecule has 32 heavy (non-hydrogen) atoms. The van der Waals surface area contributed by atoms with Gasteiger partial charge in [-0.15, -0.1) is 0 Å². The molecule has 2 aliphatic rings. The van der Waals surface area contributed by atoms with Crippen molar-refractivity contribution in [3.05, 3.63) is 63.9 Å². The number of fused-ring (bicyclic) bond motifs is 2. The minimum absolute atomic E-state index is 0.0691. The van der Waals surface area contributed by atoms with E-state index in [4.69, 9.17) is 21.3 Å². The molecule has 1 amide bonds. The minimum atomic E-state index is -0.503. The summed E-state index contributed by atoms with van der Waals surface area (Å²) < 4.78 is 5.56. The summed E-state index contributed by atoms with van der Waals surface area (Å²) in [5.41, 5.74) is 4.68. The Morgan fingerprint density at radius 3 is 2.69 bits per heavy atom. The predicted molar refractivity (Wildman–Crippen MR) is 127 cm³/mol. The second-order valence-corrected chi connectivity index (χ2v) is 9.97. The van der Waals surface area contributed by atoms with Crippen molar-refractivity contribution < 1.29 is 14.3 Å². The van der Waals surface area contributed by atoms with Crippen LogP contribution in [0.1, 0.15) is 68.3 Å². The molecule has 0 saturated carbocycles. The SMILES string of the molecule is CC(C)(C)OC(=O)N1CCC(C2c3ccc(Cl)cc3C=C(CC=O)c3cccnc32)CC1. The lowest BCUT2D eigenvalue weighted by Gasteiger charge is -2.37. The highest BCUT2D eigenvalue weighted by Crippen LogP contribution is 2.45. The van der Waals surface area contributed by atoms with Gasteiger partial charge in [0.1, 0.15) is 11.9 Å². The van der Waals surface area contributed by atoms with E-state index in [1.807, 2.05) is 51.2 Å². The van der Waals surface area contributed by atoms with Crippen molar-refractivity contribution in [3.8, 4) is 0 Å². The minimum Gasteiger partial charge on any atom is -0.444 e. The van der Waals surface area contributed by atoms with Crippen LogP contribution in [0.4, 0.5) is 4.79 Å². The van der Waals surface area contributed by atoms with Gasteiger partial charge in [-0.25, -0.2) is 4.79 Å². The van der Waals surface area contributed by atoms with Gasteiger partial charge < -0.3 is 14.4 Å². The zero-order chi connectivity index (χ0) is 22.9. The molecule has 4 rings (SSSR count). The maximum atomic E-state index is 12.5. The maximum Gasteiger partial charge on any atom is 0.410 e. The van der Waals surface area contributed by atoms with Gasteiger partial charge in [-0.05, 0) is 74.4 Å². The monoisotopic (exact) mass is 452 g/mol. The van der Waals surface area contributed by atoms with Gasteiger partial charge in [0.2, 0.25) is 0 Å². The first-order valence-electron chi connectivity index (χ1n) is 11.1. The normalized spacial score (nSPS) is 18.8. The number of ether oxygens (including phenoxy) is 1. The van der Waals surface area contributed by atoms with Gasteiger partial charge in [0.05, 0.1) is 5.69 Å². The molecule has 2 aromatic rings. The maximum absolute atomic E-state index is 12.5. The fourth-order valence-electron chi connectivity index (χ4n) is 4.78. The van der Waals surface area contributed by atoms with E-state index < -0.39 is 5.60 Å². The van der Waals surface area contributed by atoms with Crippen molar-refractivity contribution in [1.82, 2.24) is 9.88 Å². The average Bonchev–Trinajstić information content (AvgIpc) is 2.87. The molecule has 1 fully saturated rings. The molecule has 1 unspecified atom stereocenters. The summed E-state index contributed by atoms with van der Waals surface area (Å²) >= 11 is 6.33. The Morgan fingerprint density at radius 2 is 2.00 bits per heavy atom. The van der Waals surface area contributed by atoms with E-state index in [1.165, 1.54) is 5.56 Å². The molecule has 1 aromatic heterocycles. The third-order valence-electron chi connectivity index (χ3n) is 6.16. The number of carbonyl (C=O) groups is 2. The summed E-state index contributed by atoms with van der Waals surface area (Å²) in [6.45, 7) is 6.96. The number of aldehydes is 1. The Hall–Kier alpha value is -2.66. The van der Waals surface area contributed by atoms with Crippen molar-refractivity contribution in [2.24, 2.45) is 5.92 Å². The first kappa shape index (κ1) is 22.5. The molecule has 168 valence electrons. The van der Waals surface area contributed by atoms with Gasteiger partial charge in [-0.3, -0.25) is 4.98 Å². The lowest BCUT2D eigenvalue weighted by Crippen LogP contribution is -2.42. The Kier molecular flexibility index (Phi) is 6.38. The van der Waals surface area contributed by atoms with Gasteiger partial charge in [-0.1, -0.05) is 29.8 Å². The topological polar surface area (TPSA) is 59.5 Å². The van der Waals surface area contributed by atoms with E-state index in [0.717, 1.165) is 41.5 Å². The van der Waals surface area contributed by atoms with Gasteiger partial charge in [-0.2, -0.15) is 0 Å². The van der Waals surface area contributed by atoms with Crippen molar-refractivity contribution in [2.45, 2.75) is 51.6 Å². The molecule has 1 saturated heterocycles. The third-order valence-corrected chi connectivity index (χ3v) is 6.39. The fraction of sp³-hybridized carbons (Fsp3) is 0.423. The zero-order valence-corrected chi connectivity index (χ0v) is 19.6. The Bertz CT molecular complexity index is 1050. The van der Waals surface area contributed by atoms with Crippen molar-refractivity contribution >= 4 is 35.6 Å². The molecule has 0 radical (unpaired) electrons. The van der Waals surface area contributed by atoms with Gasteiger partial charge in [0.25, 0.3) is 0 Å². The smallest absolute Gasteiger partial charge is 0.410 e. The fourth-order valence-corrected chi connectivity index (χ4v) is 4.96. The number of piperidine rings is 1. The number of rotatable bonds is 3. The molecule has 0 bridgehead atoms. The number of carbonyl (C=O) groups excluding carboxylic acids is 2. The van der Waals surface area contributed by atoms with Gasteiger partial charge in [0.15, 0.2) is 0 Å². The van der Waals surface area contributed by atoms with Crippen LogP contribution in [0.3, 0.4) is 0 Å². The quantitative estimate of drug-likeness (QED) is 0.539. The van der Waals surface area contributed by atoms with Crippen LogP contribution in [0.25, 0.3) is 11.6 Å². The highest BCUT2D eigenvalue weighted by molar-refractivity contribution is 6.30. The van der Waals surface area contributed by atoms with E-state index >= 15 is 0 Å². The Balaban J connectivity index is 1.68. The number of hydrogen-bond acceptors (Lipinski definition) is 4. The van der Waals surface area contributed by atoms with Gasteiger partial charge in [0, 0.05) is 42.2 Å². The molecular weight excluding hydrogens is 424 g/mol. The molecule has 0 spiro atoms. The van der Waals surface area contributed by atoms with E-state index in [2.05, 4.69) is 12.1 Å². The molecule has 1 atom stereocenters. The van der Waals surface area contributed by atoms with Crippen molar-refractivity contribution in [2.75, 3.05) is 13.1 Å². The number of halogens is 1. The lowest BCUT2D eigenvalue weighted by molar-refractivity contribution is -0.107. The summed E-state index contributed by atoms with van der Waals surface area (Å²) in [5, 5.41) is 0.669. The summed E-state index contributed by atoms with van der Waals surface area (Å²) in [6, 6.07) is 9.94. The van der Waals surface area contributed by atoms with Crippen LogP contribution in [0.5, 0.6) is 0 Å². The van der Waals surface area contributed by atoms with E-state index in [9.17, 15) is 9.59 Å². The van der Waals surface area contributed by atoms with Crippen LogP contribution in [-0.2, 0) is 9.53 Å². The first-order chi connectivity index (χ1) is 15.3. The number of nitrogens with zero attached hydrogens (tertiary/aromatic N) is 2. The number of benzene rings is 1. The molecule has 1 aromatic carbocycles. The summed E-state index contributed by atoms with van der Waals surface area (Å²) in [4.78, 5) is 30.6. The Morgan fingerprint density at radius 1 is 1.25 bits per heavy atom. The van der Waals surface area contributed by atoms with E-state index in [1.54, 1.807) is 4.90 Å². The molecule has 1 aliphatic carbocycles. The zero-order valence-electron chi connectivity index (χ0n) is 18.8. The van der Waals surface area contributed by atoms with Crippen molar-refractivity contribution in [3.63, 3.8) is 0 Å². The Labute approximate surface area is 194 Å². The number of aromatic nitrogens is 1. The molecular formula is C26H29ClN2O3. The van der Waals surface area contributed by atoms with Crippen LogP contribution in [-0.4, -0.2) is 41.0 Å².